The van der Waals surface area contributed by atoms with Gasteiger partial charge in [0.2, 0.25) is 5.91 Å². The lowest BCUT2D eigenvalue weighted by molar-refractivity contribution is -0.117. The molecule has 1 aliphatic rings. The zero-order valence-electron chi connectivity index (χ0n) is 10.7. The molecule has 1 heterocycles. The Labute approximate surface area is 113 Å². The molecule has 5 nitrogen and oxygen atoms in total. The molecule has 0 unspecified atom stereocenters. The topological polar surface area (TPSA) is 66.5 Å². The van der Waals surface area contributed by atoms with Crippen molar-refractivity contribution in [3.8, 4) is 0 Å². The Morgan fingerprint density at radius 3 is 2.63 bits per heavy atom. The summed E-state index contributed by atoms with van der Waals surface area (Å²) in [7, 11) is -2.92. The summed E-state index contributed by atoms with van der Waals surface area (Å²) in [4.78, 5) is 13.7. The second-order valence-electron chi connectivity index (χ2n) is 4.70. The Morgan fingerprint density at radius 1 is 1.16 bits per heavy atom. The van der Waals surface area contributed by atoms with Gasteiger partial charge >= 0.3 is 0 Å². The van der Waals surface area contributed by atoms with Crippen molar-refractivity contribution in [2.24, 2.45) is 0 Å². The van der Waals surface area contributed by atoms with Gasteiger partial charge in [-0.25, -0.2) is 8.42 Å². The van der Waals surface area contributed by atoms with Crippen LogP contribution in [0.4, 0.5) is 5.69 Å². The summed E-state index contributed by atoms with van der Waals surface area (Å²) in [6.45, 7) is 1.33. The van der Waals surface area contributed by atoms with Gasteiger partial charge in [-0.3, -0.25) is 9.69 Å². The number of hydrogen-bond acceptors (Lipinski definition) is 4. The third kappa shape index (κ3) is 4.65. The zero-order valence-corrected chi connectivity index (χ0v) is 11.5. The molecule has 1 fully saturated rings. The first-order valence-electron chi connectivity index (χ1n) is 6.33. The maximum absolute atomic E-state index is 11.9. The number of benzene rings is 1. The number of rotatable bonds is 3. The quantitative estimate of drug-likeness (QED) is 0.888. The highest BCUT2D eigenvalue weighted by Crippen LogP contribution is 2.07. The monoisotopic (exact) mass is 282 g/mol. The van der Waals surface area contributed by atoms with Crippen molar-refractivity contribution in [1.82, 2.24) is 4.90 Å². The summed E-state index contributed by atoms with van der Waals surface area (Å²) in [6.07, 6.45) is 0.598. The minimum atomic E-state index is -2.92. The Morgan fingerprint density at radius 2 is 1.89 bits per heavy atom. The number of nitrogens with one attached hydrogen (secondary N) is 1. The van der Waals surface area contributed by atoms with Gasteiger partial charge in [-0.1, -0.05) is 18.2 Å². The number of hydrogen-bond donors (Lipinski definition) is 1. The Bertz CT molecular complexity index is 528. The number of anilines is 1. The van der Waals surface area contributed by atoms with Crippen LogP contribution in [0.15, 0.2) is 30.3 Å². The van der Waals surface area contributed by atoms with Gasteiger partial charge in [0.05, 0.1) is 18.1 Å². The Hall–Kier alpha value is -1.40. The molecule has 0 spiro atoms. The summed E-state index contributed by atoms with van der Waals surface area (Å²) in [6, 6.07) is 9.24. The van der Waals surface area contributed by atoms with Gasteiger partial charge in [-0.2, -0.15) is 0 Å². The highest BCUT2D eigenvalue weighted by molar-refractivity contribution is 7.91. The molecule has 0 aromatic heterocycles. The molecular weight excluding hydrogens is 264 g/mol. The van der Waals surface area contributed by atoms with Crippen LogP contribution in [-0.4, -0.2) is 50.4 Å². The van der Waals surface area contributed by atoms with E-state index in [9.17, 15) is 13.2 Å². The number of carbonyl (C=O) groups excluding carboxylic acids is 1. The van der Waals surface area contributed by atoms with Crippen LogP contribution in [0.5, 0.6) is 0 Å². The van der Waals surface area contributed by atoms with Crippen LogP contribution >= 0.6 is 0 Å². The molecule has 0 radical (unpaired) electrons. The van der Waals surface area contributed by atoms with Crippen molar-refractivity contribution >= 4 is 21.4 Å². The predicted octanol–water partition coefficient (Wildman–Crippen LogP) is 0.746. The molecule has 0 atom stereocenters. The minimum absolute atomic E-state index is 0.106. The molecule has 1 saturated heterocycles. The normalized spacial score (nSPS) is 19.6. The van der Waals surface area contributed by atoms with Gasteiger partial charge in [0.1, 0.15) is 0 Å². The van der Waals surface area contributed by atoms with Crippen molar-refractivity contribution in [3.63, 3.8) is 0 Å². The van der Waals surface area contributed by atoms with Crippen LogP contribution in [0.3, 0.4) is 0 Å². The van der Waals surface area contributed by atoms with Crippen LogP contribution in [0.2, 0.25) is 0 Å². The Balaban J connectivity index is 1.86. The lowest BCUT2D eigenvalue weighted by Gasteiger charge is -2.18. The average Bonchev–Trinajstić information content (AvgIpc) is 2.52. The number of sulfone groups is 1. The van der Waals surface area contributed by atoms with E-state index in [4.69, 9.17) is 0 Å². The van der Waals surface area contributed by atoms with Gasteiger partial charge in [0.25, 0.3) is 0 Å². The van der Waals surface area contributed by atoms with Crippen LogP contribution in [0, 0.1) is 0 Å². The van der Waals surface area contributed by atoms with E-state index < -0.39 is 9.84 Å². The molecule has 19 heavy (non-hydrogen) atoms. The minimum Gasteiger partial charge on any atom is -0.325 e. The molecule has 0 aliphatic carbocycles. The first-order chi connectivity index (χ1) is 9.05. The largest absolute Gasteiger partial charge is 0.325 e. The molecule has 6 heteroatoms. The van der Waals surface area contributed by atoms with Gasteiger partial charge in [-0.05, 0) is 25.1 Å². The van der Waals surface area contributed by atoms with Crippen LogP contribution in [0.1, 0.15) is 6.42 Å². The lowest BCUT2D eigenvalue weighted by atomic mass is 10.3. The maximum Gasteiger partial charge on any atom is 0.238 e. The van der Waals surface area contributed by atoms with Crippen LogP contribution in [0.25, 0.3) is 0 Å². The van der Waals surface area contributed by atoms with Crippen molar-refractivity contribution in [2.45, 2.75) is 6.42 Å². The van der Waals surface area contributed by atoms with E-state index in [0.29, 0.717) is 19.5 Å². The fourth-order valence-electron chi connectivity index (χ4n) is 2.07. The second kappa shape index (κ2) is 6.16. The number of carbonyl (C=O) groups is 1. The first kappa shape index (κ1) is 14.0. The first-order valence-corrected chi connectivity index (χ1v) is 8.15. The molecule has 2 rings (SSSR count). The molecule has 1 aliphatic heterocycles. The van der Waals surface area contributed by atoms with Gasteiger partial charge in [0.15, 0.2) is 9.84 Å². The van der Waals surface area contributed by atoms with E-state index >= 15 is 0 Å². The molecule has 1 N–H and O–H groups in total. The third-order valence-electron chi connectivity index (χ3n) is 3.07. The van der Waals surface area contributed by atoms with Crippen molar-refractivity contribution in [1.29, 1.82) is 0 Å². The molecular formula is C13H18N2O3S. The van der Waals surface area contributed by atoms with Crippen molar-refractivity contribution < 1.29 is 13.2 Å². The third-order valence-corrected chi connectivity index (χ3v) is 4.79. The van der Waals surface area contributed by atoms with E-state index in [1.165, 1.54) is 0 Å². The van der Waals surface area contributed by atoms with E-state index in [1.54, 1.807) is 0 Å². The van der Waals surface area contributed by atoms with Crippen molar-refractivity contribution in [2.75, 3.05) is 36.5 Å². The van der Waals surface area contributed by atoms with Gasteiger partial charge in [0, 0.05) is 12.2 Å². The lowest BCUT2D eigenvalue weighted by Crippen LogP contribution is -2.35. The smallest absolute Gasteiger partial charge is 0.238 e. The van der Waals surface area contributed by atoms with E-state index in [2.05, 4.69) is 5.32 Å². The summed E-state index contributed by atoms with van der Waals surface area (Å²) in [5, 5.41) is 2.80. The maximum atomic E-state index is 11.9. The summed E-state index contributed by atoms with van der Waals surface area (Å²) >= 11 is 0. The molecule has 0 bridgehead atoms. The number of nitrogens with zero attached hydrogens (tertiary/aromatic N) is 1. The number of amides is 1. The predicted molar refractivity (Wildman–Crippen MR) is 74.8 cm³/mol. The average molecular weight is 282 g/mol. The molecule has 1 aromatic rings. The fraction of sp³-hybridized carbons (Fsp3) is 0.462. The SMILES string of the molecule is O=C(CN1CCCS(=O)(=O)CC1)Nc1ccccc1. The van der Waals surface area contributed by atoms with Gasteiger partial charge in [-0.15, -0.1) is 0 Å². The summed E-state index contributed by atoms with van der Waals surface area (Å²) in [5.41, 5.74) is 0.759. The van der Waals surface area contributed by atoms with Crippen LogP contribution < -0.4 is 5.32 Å². The molecule has 1 aromatic carbocycles. The highest BCUT2D eigenvalue weighted by Gasteiger charge is 2.20. The van der Waals surface area contributed by atoms with Gasteiger partial charge < -0.3 is 5.32 Å². The summed E-state index contributed by atoms with van der Waals surface area (Å²) in [5.74, 6) is 0.264. The van der Waals surface area contributed by atoms with E-state index in [-0.39, 0.29) is 24.0 Å². The molecule has 104 valence electrons. The highest BCUT2D eigenvalue weighted by atomic mass is 32.2. The molecule has 0 saturated carbocycles. The fourth-order valence-corrected chi connectivity index (χ4v) is 3.38. The van der Waals surface area contributed by atoms with Crippen molar-refractivity contribution in [3.05, 3.63) is 30.3 Å². The standard InChI is InChI=1S/C13H18N2O3S/c16-13(14-12-5-2-1-3-6-12)11-15-7-4-9-19(17,18)10-8-15/h1-3,5-6H,4,7-11H2,(H,14,16). The summed E-state index contributed by atoms with van der Waals surface area (Å²) < 4.78 is 22.9. The van der Waals surface area contributed by atoms with E-state index in [1.807, 2.05) is 35.2 Å². The zero-order chi connectivity index (χ0) is 13.7. The van der Waals surface area contributed by atoms with E-state index in [0.717, 1.165) is 5.69 Å². The van der Waals surface area contributed by atoms with Crippen LogP contribution in [-0.2, 0) is 14.6 Å². The Kier molecular flexibility index (Phi) is 4.55. The molecule has 1 amide bonds. The number of para-hydroxylation sites is 1. The second-order valence-corrected chi connectivity index (χ2v) is 7.00.